The van der Waals surface area contributed by atoms with Crippen LogP contribution in [0.25, 0.3) is 0 Å². The van der Waals surface area contributed by atoms with Crippen molar-refractivity contribution in [1.29, 1.82) is 0 Å². The molecule has 1 aromatic rings. The van der Waals surface area contributed by atoms with Crippen LogP contribution >= 0.6 is 27.3 Å². The summed E-state index contributed by atoms with van der Waals surface area (Å²) in [5.74, 6) is 0.885. The summed E-state index contributed by atoms with van der Waals surface area (Å²) in [6.45, 7) is 6.59. The van der Waals surface area contributed by atoms with Crippen molar-refractivity contribution in [1.82, 2.24) is 15.5 Å². The summed E-state index contributed by atoms with van der Waals surface area (Å²) < 4.78 is 1.17. The second kappa shape index (κ2) is 9.53. The van der Waals surface area contributed by atoms with Crippen molar-refractivity contribution in [2.75, 3.05) is 26.7 Å². The zero-order valence-electron chi connectivity index (χ0n) is 13.6. The van der Waals surface area contributed by atoms with E-state index in [-0.39, 0.29) is 0 Å². The lowest BCUT2D eigenvalue weighted by atomic mass is 10.0. The van der Waals surface area contributed by atoms with Crippen LogP contribution in [0.4, 0.5) is 0 Å². The van der Waals surface area contributed by atoms with E-state index in [0.29, 0.717) is 0 Å². The molecule has 124 valence electrons. The lowest BCUT2D eigenvalue weighted by Crippen LogP contribution is -2.41. The molecule has 6 heteroatoms. The van der Waals surface area contributed by atoms with Crippen LogP contribution in [-0.2, 0) is 6.54 Å². The van der Waals surface area contributed by atoms with Gasteiger partial charge in [-0.3, -0.25) is 4.99 Å². The highest BCUT2D eigenvalue weighted by molar-refractivity contribution is 9.11. The summed E-state index contributed by atoms with van der Waals surface area (Å²) >= 11 is 5.24. The Morgan fingerprint density at radius 3 is 2.95 bits per heavy atom. The van der Waals surface area contributed by atoms with Gasteiger partial charge in [-0.05, 0) is 60.8 Å². The van der Waals surface area contributed by atoms with E-state index >= 15 is 0 Å². The van der Waals surface area contributed by atoms with E-state index < -0.39 is 0 Å². The van der Waals surface area contributed by atoms with Gasteiger partial charge in [0.15, 0.2) is 5.96 Å². The van der Waals surface area contributed by atoms with E-state index in [1.807, 2.05) is 7.05 Å². The van der Waals surface area contributed by atoms with Crippen molar-refractivity contribution in [2.45, 2.75) is 45.2 Å². The maximum atomic E-state index is 4.28. The van der Waals surface area contributed by atoms with Gasteiger partial charge in [-0.1, -0.05) is 6.42 Å². The van der Waals surface area contributed by atoms with Crippen LogP contribution in [0.15, 0.2) is 20.9 Å². The predicted octanol–water partition coefficient (Wildman–Crippen LogP) is 3.44. The second-order valence-corrected chi connectivity index (χ2v) is 8.34. The number of hydrogen-bond acceptors (Lipinski definition) is 3. The van der Waals surface area contributed by atoms with Crippen LogP contribution in [0, 0.1) is 0 Å². The van der Waals surface area contributed by atoms with Crippen LogP contribution in [0.2, 0.25) is 0 Å². The fourth-order valence-corrected chi connectivity index (χ4v) is 4.24. The number of aliphatic imine (C=N–C) groups is 1. The molecule has 2 rings (SSSR count). The highest BCUT2D eigenvalue weighted by atomic mass is 79.9. The first-order valence-corrected chi connectivity index (χ1v) is 9.73. The molecule has 0 bridgehead atoms. The first-order chi connectivity index (χ1) is 10.7. The standard InChI is InChI=1S/C16H27BrN4S/c1-13-6-3-4-10-21(13)11-5-9-19-16(18-2)20-12-14-7-8-15(17)22-14/h7-8,13H,3-6,9-12H2,1-2H3,(H2,18,19,20). The van der Waals surface area contributed by atoms with Crippen molar-refractivity contribution in [2.24, 2.45) is 4.99 Å². The predicted molar refractivity (Wildman–Crippen MR) is 99.7 cm³/mol. The molecule has 1 aliphatic rings. The van der Waals surface area contributed by atoms with Crippen molar-refractivity contribution in [3.63, 3.8) is 0 Å². The Bertz CT molecular complexity index is 474. The molecule has 2 N–H and O–H groups in total. The lowest BCUT2D eigenvalue weighted by Gasteiger charge is -2.33. The second-order valence-electron chi connectivity index (χ2n) is 5.79. The van der Waals surface area contributed by atoms with Gasteiger partial charge in [-0.25, -0.2) is 0 Å². The smallest absolute Gasteiger partial charge is 0.191 e. The largest absolute Gasteiger partial charge is 0.356 e. The molecule has 1 aliphatic heterocycles. The minimum atomic E-state index is 0.753. The number of piperidine rings is 1. The third-order valence-corrected chi connectivity index (χ3v) is 5.76. The molecule has 1 aromatic heterocycles. The van der Waals surface area contributed by atoms with Crippen LogP contribution in [0.1, 0.15) is 37.5 Å². The van der Waals surface area contributed by atoms with Crippen molar-refractivity contribution >= 4 is 33.2 Å². The maximum Gasteiger partial charge on any atom is 0.191 e. The van der Waals surface area contributed by atoms with Gasteiger partial charge in [0.1, 0.15) is 0 Å². The molecule has 22 heavy (non-hydrogen) atoms. The zero-order valence-corrected chi connectivity index (χ0v) is 16.0. The molecule has 0 radical (unpaired) electrons. The number of thiophene rings is 1. The monoisotopic (exact) mass is 386 g/mol. The Hall–Kier alpha value is -0.590. The Balaban J connectivity index is 1.62. The molecule has 4 nitrogen and oxygen atoms in total. The van der Waals surface area contributed by atoms with E-state index in [2.05, 4.69) is 55.5 Å². The number of halogens is 1. The highest BCUT2D eigenvalue weighted by Gasteiger charge is 2.17. The molecule has 0 spiro atoms. The summed E-state index contributed by atoms with van der Waals surface area (Å²) in [6.07, 6.45) is 5.27. The van der Waals surface area contributed by atoms with Crippen molar-refractivity contribution in [3.8, 4) is 0 Å². The van der Waals surface area contributed by atoms with Gasteiger partial charge in [0.2, 0.25) is 0 Å². The summed E-state index contributed by atoms with van der Waals surface area (Å²) in [5.41, 5.74) is 0. The highest BCUT2D eigenvalue weighted by Crippen LogP contribution is 2.21. The van der Waals surface area contributed by atoms with Crippen LogP contribution in [0.5, 0.6) is 0 Å². The van der Waals surface area contributed by atoms with Gasteiger partial charge < -0.3 is 15.5 Å². The normalized spacial score (nSPS) is 20.1. The molecule has 1 fully saturated rings. The summed E-state index contributed by atoms with van der Waals surface area (Å²) in [6, 6.07) is 4.97. The zero-order chi connectivity index (χ0) is 15.8. The Labute approximate surface area is 146 Å². The molecule has 2 heterocycles. The summed E-state index contributed by atoms with van der Waals surface area (Å²) in [5, 5.41) is 6.77. The van der Waals surface area contributed by atoms with Crippen LogP contribution in [-0.4, -0.2) is 43.6 Å². The number of hydrogen-bond donors (Lipinski definition) is 2. The minimum absolute atomic E-state index is 0.753. The topological polar surface area (TPSA) is 39.7 Å². The van der Waals surface area contributed by atoms with Crippen LogP contribution in [0.3, 0.4) is 0 Å². The number of nitrogens with one attached hydrogen (secondary N) is 2. The fourth-order valence-electron chi connectivity index (χ4n) is 2.82. The first kappa shape index (κ1) is 17.8. The van der Waals surface area contributed by atoms with Gasteiger partial charge in [-0.15, -0.1) is 11.3 Å². The lowest BCUT2D eigenvalue weighted by molar-refractivity contribution is 0.159. The van der Waals surface area contributed by atoms with E-state index in [4.69, 9.17) is 0 Å². The number of nitrogens with zero attached hydrogens (tertiary/aromatic N) is 2. The van der Waals surface area contributed by atoms with Gasteiger partial charge in [0.25, 0.3) is 0 Å². The molecule has 1 unspecified atom stereocenters. The van der Waals surface area contributed by atoms with Gasteiger partial charge >= 0.3 is 0 Å². The fraction of sp³-hybridized carbons (Fsp3) is 0.688. The van der Waals surface area contributed by atoms with Crippen molar-refractivity contribution < 1.29 is 0 Å². The minimum Gasteiger partial charge on any atom is -0.356 e. The van der Waals surface area contributed by atoms with Crippen LogP contribution < -0.4 is 10.6 Å². The first-order valence-electron chi connectivity index (χ1n) is 8.12. The van der Waals surface area contributed by atoms with Gasteiger partial charge in [0.05, 0.1) is 10.3 Å². The Morgan fingerprint density at radius 1 is 1.41 bits per heavy atom. The van der Waals surface area contributed by atoms with E-state index in [1.165, 1.54) is 41.0 Å². The maximum absolute atomic E-state index is 4.28. The SMILES string of the molecule is CN=C(NCCCN1CCCCC1C)NCc1ccc(Br)s1. The number of guanidine groups is 1. The molecule has 1 saturated heterocycles. The summed E-state index contributed by atoms with van der Waals surface area (Å²) in [7, 11) is 1.83. The van der Waals surface area contributed by atoms with Crippen molar-refractivity contribution in [3.05, 3.63) is 20.8 Å². The summed E-state index contributed by atoms with van der Waals surface area (Å²) in [4.78, 5) is 8.20. The Morgan fingerprint density at radius 2 is 2.27 bits per heavy atom. The third kappa shape index (κ3) is 5.89. The molecular formula is C16H27BrN4S. The van der Waals surface area contributed by atoms with E-state index in [9.17, 15) is 0 Å². The molecule has 0 aliphatic carbocycles. The molecular weight excluding hydrogens is 360 g/mol. The molecule has 0 saturated carbocycles. The number of rotatable bonds is 6. The van der Waals surface area contributed by atoms with Gasteiger partial charge in [-0.2, -0.15) is 0 Å². The quantitative estimate of drug-likeness (QED) is 0.446. The molecule has 1 atom stereocenters. The van der Waals surface area contributed by atoms with E-state index in [0.717, 1.165) is 31.5 Å². The Kier molecular flexibility index (Phi) is 7.69. The number of likely N-dealkylation sites (tertiary alicyclic amines) is 1. The average Bonchev–Trinajstić information content (AvgIpc) is 2.94. The van der Waals surface area contributed by atoms with E-state index in [1.54, 1.807) is 11.3 Å². The third-order valence-electron chi connectivity index (χ3n) is 4.14. The van der Waals surface area contributed by atoms with Gasteiger partial charge in [0, 0.05) is 31.1 Å². The molecule has 0 amide bonds. The molecule has 0 aromatic carbocycles. The average molecular weight is 387 g/mol.